The van der Waals surface area contributed by atoms with Gasteiger partial charge in [-0.15, -0.1) is 0 Å². The number of ether oxygens (including phenoxy) is 4. The van der Waals surface area contributed by atoms with Crippen molar-refractivity contribution >= 4 is 11.9 Å². The lowest BCUT2D eigenvalue weighted by Gasteiger charge is -2.18. The minimum Gasteiger partial charge on any atom is -0.469 e. The second-order valence-electron chi connectivity index (χ2n) is 5.32. The Balaban J connectivity index is 1.84. The van der Waals surface area contributed by atoms with Crippen molar-refractivity contribution in [1.82, 2.24) is 5.32 Å². The molecule has 2 rings (SSSR count). The quantitative estimate of drug-likeness (QED) is 0.703. The molecular formula is C14H23NO6. The van der Waals surface area contributed by atoms with Crippen LogP contribution < -0.4 is 5.32 Å². The van der Waals surface area contributed by atoms with Crippen LogP contribution >= 0.6 is 0 Å². The van der Waals surface area contributed by atoms with Gasteiger partial charge in [0.2, 0.25) is 0 Å². The molecular weight excluding hydrogens is 278 g/mol. The molecule has 7 heteroatoms. The van der Waals surface area contributed by atoms with Crippen LogP contribution in [-0.2, 0) is 28.5 Å². The molecule has 2 fully saturated rings. The monoisotopic (exact) mass is 301 g/mol. The number of hydrogen-bond donors (Lipinski definition) is 1. The lowest BCUT2D eigenvalue weighted by atomic mass is 9.95. The average molecular weight is 301 g/mol. The van der Waals surface area contributed by atoms with Crippen molar-refractivity contribution in [3.63, 3.8) is 0 Å². The number of rotatable bonds is 6. The van der Waals surface area contributed by atoms with Crippen molar-refractivity contribution in [2.45, 2.75) is 44.1 Å². The number of methoxy groups -OCH3 is 2. The third kappa shape index (κ3) is 4.15. The minimum absolute atomic E-state index is 0.0806. The maximum Gasteiger partial charge on any atom is 0.322 e. The Bertz CT molecular complexity index is 368. The molecule has 0 radical (unpaired) electrons. The van der Waals surface area contributed by atoms with E-state index in [1.165, 1.54) is 14.2 Å². The number of hydrogen-bond acceptors (Lipinski definition) is 7. The van der Waals surface area contributed by atoms with Gasteiger partial charge in [-0.05, 0) is 25.7 Å². The average Bonchev–Trinajstić information content (AvgIpc) is 3.15. The van der Waals surface area contributed by atoms with E-state index < -0.39 is 6.04 Å². The van der Waals surface area contributed by atoms with Crippen molar-refractivity contribution in [3.05, 3.63) is 0 Å². The summed E-state index contributed by atoms with van der Waals surface area (Å²) in [6.07, 6.45) is 2.68. The Morgan fingerprint density at radius 1 is 1.10 bits per heavy atom. The van der Waals surface area contributed by atoms with Crippen molar-refractivity contribution in [2.75, 3.05) is 27.4 Å². The van der Waals surface area contributed by atoms with E-state index in [-0.39, 0.29) is 30.2 Å². The molecule has 21 heavy (non-hydrogen) atoms. The molecule has 0 saturated carbocycles. The van der Waals surface area contributed by atoms with Crippen LogP contribution in [-0.4, -0.2) is 57.7 Å². The minimum atomic E-state index is -0.442. The third-order valence-electron chi connectivity index (χ3n) is 4.03. The molecule has 2 aliphatic heterocycles. The molecule has 0 aromatic rings. The highest BCUT2D eigenvalue weighted by Gasteiger charge is 2.42. The first-order valence-electron chi connectivity index (χ1n) is 7.30. The predicted octanol–water partition coefficient (Wildman–Crippen LogP) is 0.222. The lowest BCUT2D eigenvalue weighted by Crippen LogP contribution is -2.38. The van der Waals surface area contributed by atoms with E-state index in [0.717, 1.165) is 19.3 Å². The molecule has 0 amide bonds. The van der Waals surface area contributed by atoms with Crippen LogP contribution in [0, 0.1) is 5.92 Å². The van der Waals surface area contributed by atoms with Crippen LogP contribution in [0.25, 0.3) is 0 Å². The molecule has 0 unspecified atom stereocenters. The summed E-state index contributed by atoms with van der Waals surface area (Å²) in [5.74, 6) is -0.939. The summed E-state index contributed by atoms with van der Waals surface area (Å²) in [4.78, 5) is 23.5. The summed E-state index contributed by atoms with van der Waals surface area (Å²) in [7, 11) is 2.71. The molecule has 2 heterocycles. The number of carbonyl (C=O) groups excluding carboxylic acids is 2. The normalized spacial score (nSPS) is 29.5. The molecule has 0 aliphatic carbocycles. The van der Waals surface area contributed by atoms with E-state index in [9.17, 15) is 9.59 Å². The number of carbonyl (C=O) groups is 2. The summed E-state index contributed by atoms with van der Waals surface area (Å²) in [6, 6.07) is -0.522. The number of esters is 2. The molecule has 3 atom stereocenters. The van der Waals surface area contributed by atoms with Gasteiger partial charge in [-0.3, -0.25) is 9.59 Å². The highest BCUT2D eigenvalue weighted by molar-refractivity contribution is 5.80. The second kappa shape index (κ2) is 7.72. The van der Waals surface area contributed by atoms with Crippen LogP contribution in [0.2, 0.25) is 0 Å². The fourth-order valence-corrected chi connectivity index (χ4v) is 2.94. The largest absolute Gasteiger partial charge is 0.469 e. The second-order valence-corrected chi connectivity index (χ2v) is 5.32. The topological polar surface area (TPSA) is 83.1 Å². The zero-order chi connectivity index (χ0) is 15.2. The van der Waals surface area contributed by atoms with Gasteiger partial charge in [-0.2, -0.15) is 0 Å². The lowest BCUT2D eigenvalue weighted by molar-refractivity contribution is -0.146. The predicted molar refractivity (Wildman–Crippen MR) is 72.4 cm³/mol. The Morgan fingerprint density at radius 2 is 1.76 bits per heavy atom. The van der Waals surface area contributed by atoms with Crippen molar-refractivity contribution in [1.29, 1.82) is 0 Å². The van der Waals surface area contributed by atoms with Gasteiger partial charge in [0.1, 0.15) is 6.04 Å². The van der Waals surface area contributed by atoms with Crippen LogP contribution in [0.5, 0.6) is 0 Å². The third-order valence-corrected chi connectivity index (χ3v) is 4.03. The fraction of sp³-hybridized carbons (Fsp3) is 0.857. The summed E-state index contributed by atoms with van der Waals surface area (Å²) in [5.41, 5.74) is 0. The summed E-state index contributed by atoms with van der Waals surface area (Å²) >= 11 is 0. The van der Waals surface area contributed by atoms with Gasteiger partial charge in [0.05, 0.1) is 33.4 Å². The Hall–Kier alpha value is -1.18. The molecule has 2 aliphatic rings. The maximum absolute atomic E-state index is 11.8. The van der Waals surface area contributed by atoms with Gasteiger partial charge in [0.25, 0.3) is 0 Å². The Labute approximate surface area is 124 Å². The highest BCUT2D eigenvalue weighted by Crippen LogP contribution is 2.27. The SMILES string of the molecule is COC(=O)[C@@H]1C[C@H](C(=O)OC)[C@H](CCCC2OCCO2)N1. The maximum atomic E-state index is 11.8. The molecule has 7 nitrogen and oxygen atoms in total. The van der Waals surface area contributed by atoms with E-state index in [1.807, 2.05) is 0 Å². The van der Waals surface area contributed by atoms with E-state index in [0.29, 0.717) is 19.6 Å². The number of nitrogens with one attached hydrogen (secondary N) is 1. The van der Waals surface area contributed by atoms with E-state index in [1.54, 1.807) is 0 Å². The van der Waals surface area contributed by atoms with Crippen molar-refractivity contribution < 1.29 is 28.5 Å². The van der Waals surface area contributed by atoms with Crippen LogP contribution in [0.3, 0.4) is 0 Å². The van der Waals surface area contributed by atoms with E-state index in [4.69, 9.17) is 18.9 Å². The smallest absolute Gasteiger partial charge is 0.322 e. The molecule has 0 aromatic heterocycles. The van der Waals surface area contributed by atoms with Gasteiger partial charge in [-0.25, -0.2) is 0 Å². The first kappa shape index (κ1) is 16.2. The molecule has 120 valence electrons. The molecule has 2 saturated heterocycles. The van der Waals surface area contributed by atoms with Gasteiger partial charge in [0.15, 0.2) is 6.29 Å². The van der Waals surface area contributed by atoms with Gasteiger partial charge < -0.3 is 24.3 Å². The molecule has 0 aromatic carbocycles. The molecule has 0 bridgehead atoms. The first-order valence-corrected chi connectivity index (χ1v) is 7.30. The van der Waals surface area contributed by atoms with Crippen molar-refractivity contribution in [3.8, 4) is 0 Å². The van der Waals surface area contributed by atoms with Gasteiger partial charge in [-0.1, -0.05) is 0 Å². The Morgan fingerprint density at radius 3 is 2.38 bits per heavy atom. The fourth-order valence-electron chi connectivity index (χ4n) is 2.94. The summed E-state index contributed by atoms with van der Waals surface area (Å²) in [5, 5.41) is 3.18. The van der Waals surface area contributed by atoms with Gasteiger partial charge in [0, 0.05) is 6.04 Å². The summed E-state index contributed by atoms with van der Waals surface area (Å²) < 4.78 is 20.3. The molecule has 1 N–H and O–H groups in total. The first-order chi connectivity index (χ1) is 10.2. The zero-order valence-electron chi connectivity index (χ0n) is 12.5. The standard InChI is InChI=1S/C14H23NO6/c1-18-13(16)9-8-11(14(17)19-2)15-10(9)4-3-5-12-20-6-7-21-12/h9-12,15H,3-8H2,1-2H3/t9-,10-,11-/m0/s1. The van der Waals surface area contributed by atoms with E-state index >= 15 is 0 Å². The zero-order valence-corrected chi connectivity index (χ0v) is 12.5. The van der Waals surface area contributed by atoms with Crippen LogP contribution in [0.1, 0.15) is 25.7 Å². The van der Waals surface area contributed by atoms with Crippen LogP contribution in [0.4, 0.5) is 0 Å². The van der Waals surface area contributed by atoms with Crippen molar-refractivity contribution in [2.24, 2.45) is 5.92 Å². The van der Waals surface area contributed by atoms with E-state index in [2.05, 4.69) is 5.32 Å². The highest BCUT2D eigenvalue weighted by atomic mass is 16.7. The van der Waals surface area contributed by atoms with Crippen LogP contribution in [0.15, 0.2) is 0 Å². The molecule has 0 spiro atoms. The summed E-state index contributed by atoms with van der Waals surface area (Å²) in [6.45, 7) is 1.28. The van der Waals surface area contributed by atoms with Gasteiger partial charge >= 0.3 is 11.9 Å². The Kier molecular flexibility index (Phi) is 5.96.